The summed E-state index contributed by atoms with van der Waals surface area (Å²) in [5, 5.41) is 5.63. The van der Waals surface area contributed by atoms with Crippen molar-refractivity contribution in [2.75, 3.05) is 57.9 Å². The number of pyridine rings is 1. The predicted molar refractivity (Wildman–Crippen MR) is 305 cm³/mol. The van der Waals surface area contributed by atoms with Gasteiger partial charge in [-0.3, -0.25) is 34.0 Å². The van der Waals surface area contributed by atoms with E-state index < -0.39 is 53.3 Å². The highest BCUT2D eigenvalue weighted by atomic mass is 32.1. The molecule has 20 heteroatoms. The van der Waals surface area contributed by atoms with Crippen molar-refractivity contribution in [3.8, 4) is 11.3 Å². The fourth-order valence-electron chi connectivity index (χ4n) is 10.2. The number of likely N-dealkylation sites (N-methyl/N-ethyl adjacent to an activating group) is 1. The molecule has 0 radical (unpaired) electrons. The van der Waals surface area contributed by atoms with Crippen molar-refractivity contribution in [3.63, 3.8) is 0 Å². The van der Waals surface area contributed by atoms with Crippen LogP contribution in [-0.4, -0.2) is 131 Å². The molecule has 1 unspecified atom stereocenters. The van der Waals surface area contributed by atoms with E-state index in [-0.39, 0.29) is 118 Å². The van der Waals surface area contributed by atoms with Gasteiger partial charge in [0.2, 0.25) is 17.7 Å². The maximum Gasteiger partial charge on any atom is 0.324 e. The lowest BCUT2D eigenvalue weighted by Crippen LogP contribution is -2.62. The third kappa shape index (κ3) is 13.9. The fourth-order valence-corrected chi connectivity index (χ4v) is 10.2. The van der Waals surface area contributed by atoms with E-state index in [4.69, 9.17) is 14.5 Å². The van der Waals surface area contributed by atoms with Gasteiger partial charge >= 0.3 is 5.97 Å². The Balaban J connectivity index is 0.00000408. The first-order chi connectivity index (χ1) is 30.5. The summed E-state index contributed by atoms with van der Waals surface area (Å²) in [5.41, 5.74) is 9.26. The number of carbonyl (C=O) groups is 5. The number of benzene rings is 1. The Hall–Kier alpha value is -3.53. The molecule has 3 aromatic rings. The van der Waals surface area contributed by atoms with Crippen LogP contribution in [-0.2, 0) is 46.4 Å². The van der Waals surface area contributed by atoms with Crippen LogP contribution in [0, 0.1) is 17.3 Å². The van der Waals surface area contributed by atoms with Crippen molar-refractivity contribution in [1.82, 2.24) is 35.1 Å². The molecular weight excluding hydrogens is 985 g/mol. The Kier molecular flexibility index (Phi) is 25.3. The van der Waals surface area contributed by atoms with Gasteiger partial charge in [-0.05, 0) is 86.4 Å². The largest absolute Gasteiger partial charge is 0.464 e. The summed E-state index contributed by atoms with van der Waals surface area (Å²) in [6.45, 7) is 21.5. The Bertz CT molecular complexity index is 2280. The van der Waals surface area contributed by atoms with E-state index in [2.05, 4.69) is 85.7 Å². The standard InChI is InChI=1S/C49H68N8O7.CH4.5H2S/c1-10-41(58)55-21-18-32(27-55)46(60)53(9)43(31(5)6)45(59)51-39-25-34-28-54(22-23-63-34)33-16-17-40-36(24-33)37(44(56(40)11-2)35-14-12-19-50-42(35)30(3)4)26-49(7,8)29-64-48(62)38-15-13-20-57(52-38)47(39)61;;;;;;/h10,12,14,16-17,19,24,30-32,34,38-39,43,52H,1,11,13,15,18,20-23,25-29H2,2-9H3,(H,51,59);1H4;5*1H2/t32-,34-,38-,39-,43?;;;;;;/m0....../s1. The van der Waals surface area contributed by atoms with Crippen molar-refractivity contribution in [1.29, 1.82) is 0 Å². The van der Waals surface area contributed by atoms with Crippen LogP contribution in [0.5, 0.6) is 0 Å². The number of aromatic nitrogens is 2. The van der Waals surface area contributed by atoms with Gasteiger partial charge in [0.15, 0.2) is 0 Å². The number of anilines is 1. The van der Waals surface area contributed by atoms with Crippen LogP contribution >= 0.6 is 67.5 Å². The monoisotopic (exact) mass is 1070 g/mol. The minimum absolute atomic E-state index is 0. The van der Waals surface area contributed by atoms with Crippen LogP contribution in [0.2, 0.25) is 0 Å². The second-order valence-corrected chi connectivity index (χ2v) is 19.5. The molecule has 1 aromatic carbocycles. The van der Waals surface area contributed by atoms with Crippen LogP contribution < -0.4 is 15.6 Å². The van der Waals surface area contributed by atoms with E-state index in [9.17, 15) is 24.0 Å². The van der Waals surface area contributed by atoms with Crippen LogP contribution in [0.3, 0.4) is 0 Å². The number of likely N-dealkylation sites (tertiary alicyclic amines) is 1. The number of esters is 1. The number of hydrogen-bond donors (Lipinski definition) is 2. The second-order valence-electron chi connectivity index (χ2n) is 19.5. The number of nitrogens with one attached hydrogen (secondary N) is 2. The van der Waals surface area contributed by atoms with Crippen LogP contribution in [0.15, 0.2) is 49.2 Å². The molecule has 6 heterocycles. The first-order valence-electron chi connectivity index (χ1n) is 23.2. The lowest BCUT2D eigenvalue weighted by atomic mass is 9.84. The quantitative estimate of drug-likeness (QED) is 0.185. The number of hydrazine groups is 1. The molecule has 5 atom stereocenters. The predicted octanol–water partition coefficient (Wildman–Crippen LogP) is 6.27. The van der Waals surface area contributed by atoms with Crippen molar-refractivity contribution < 1.29 is 33.4 Å². The minimum atomic E-state index is -1.04. The number of nitrogens with zero attached hydrogens (tertiary/aromatic N) is 6. The number of fused-ring (bicyclic) bond motifs is 6. The van der Waals surface area contributed by atoms with Crippen molar-refractivity contribution in [2.24, 2.45) is 17.3 Å². The zero-order valence-corrected chi connectivity index (χ0v) is 46.5. The molecule has 3 saturated heterocycles. The molecule has 70 heavy (non-hydrogen) atoms. The van der Waals surface area contributed by atoms with Crippen LogP contribution in [0.1, 0.15) is 98.8 Å². The van der Waals surface area contributed by atoms with E-state index in [1.54, 1.807) is 11.9 Å². The highest BCUT2D eigenvalue weighted by Crippen LogP contribution is 2.42. The molecule has 2 N–H and O–H groups in total. The highest BCUT2D eigenvalue weighted by molar-refractivity contribution is 7.60. The van der Waals surface area contributed by atoms with Gasteiger partial charge in [-0.1, -0.05) is 55.5 Å². The molecule has 4 aliphatic heterocycles. The normalized spacial score (nSPS) is 21.5. The number of aryl methyl sites for hydroxylation is 1. The number of amides is 4. The van der Waals surface area contributed by atoms with Gasteiger partial charge in [0.05, 0.1) is 36.6 Å². The molecule has 3 fully saturated rings. The molecule has 7 rings (SSSR count). The SMILES string of the molecule is C.C=CC(=O)N1CC[C@H](C(=O)N(C)C(C(=O)N[C@H]2C[C@H]3CN(CCO3)c3ccc4c(c3)c(c(-c3cccnc3C(C)C)n4CC)CC(C)(C)COC(=O)[C@@H]3CCCN(N3)C2=O)C(C)C)C1.S.S.S.S.S. The molecule has 4 aliphatic rings. The molecule has 2 aromatic heterocycles. The lowest BCUT2D eigenvalue weighted by Gasteiger charge is -2.39. The summed E-state index contributed by atoms with van der Waals surface area (Å²) in [6.07, 6.45) is 4.98. The Morgan fingerprint density at radius 2 is 1.73 bits per heavy atom. The maximum absolute atomic E-state index is 14.7. The number of rotatable bonds is 9. The molecule has 394 valence electrons. The highest BCUT2D eigenvalue weighted by Gasteiger charge is 2.41. The third-order valence-electron chi connectivity index (χ3n) is 13.4. The average molecular weight is 1070 g/mol. The smallest absolute Gasteiger partial charge is 0.324 e. The number of hydrogen-bond acceptors (Lipinski definition) is 10. The zero-order chi connectivity index (χ0) is 46.0. The van der Waals surface area contributed by atoms with Gasteiger partial charge in [0.1, 0.15) is 18.1 Å². The lowest BCUT2D eigenvalue weighted by molar-refractivity contribution is -0.156. The summed E-state index contributed by atoms with van der Waals surface area (Å²) in [7, 11) is 1.61. The van der Waals surface area contributed by atoms with Crippen molar-refractivity contribution in [3.05, 3.63) is 60.4 Å². The van der Waals surface area contributed by atoms with E-state index >= 15 is 0 Å². The summed E-state index contributed by atoms with van der Waals surface area (Å²) < 4.78 is 14.9. The Morgan fingerprint density at radius 3 is 2.39 bits per heavy atom. The molecule has 0 aliphatic carbocycles. The summed E-state index contributed by atoms with van der Waals surface area (Å²) >= 11 is 0. The van der Waals surface area contributed by atoms with E-state index in [0.29, 0.717) is 58.5 Å². The Labute approximate surface area is 451 Å². The molecule has 0 spiro atoms. The maximum atomic E-state index is 14.7. The number of morpholine rings is 1. The molecule has 4 amide bonds. The zero-order valence-electron chi connectivity index (χ0n) is 41.5. The van der Waals surface area contributed by atoms with E-state index in [0.717, 1.165) is 40.1 Å². The molecular formula is C50H82N8O7S5. The number of ether oxygens (including phenoxy) is 2. The summed E-state index contributed by atoms with van der Waals surface area (Å²) in [5.74, 6) is -2.33. The van der Waals surface area contributed by atoms with Gasteiger partial charge in [0, 0.05) is 86.5 Å². The van der Waals surface area contributed by atoms with Crippen molar-refractivity contribution in [2.45, 2.75) is 125 Å². The van der Waals surface area contributed by atoms with Gasteiger partial charge in [0.25, 0.3) is 5.91 Å². The topological polar surface area (TPSA) is 159 Å². The Morgan fingerprint density at radius 1 is 1.01 bits per heavy atom. The number of cyclic esters (lactones) is 1. The number of carbonyl (C=O) groups excluding carboxylic acids is 5. The second kappa shape index (κ2) is 27.5. The third-order valence-corrected chi connectivity index (χ3v) is 13.4. The van der Waals surface area contributed by atoms with E-state index in [1.165, 1.54) is 21.5 Å². The summed E-state index contributed by atoms with van der Waals surface area (Å²) in [6, 6.07) is 8.07. The van der Waals surface area contributed by atoms with E-state index in [1.807, 2.05) is 26.1 Å². The van der Waals surface area contributed by atoms with Gasteiger partial charge in [-0.25, -0.2) is 5.43 Å². The van der Waals surface area contributed by atoms with Gasteiger partial charge in [-0.15, -0.1) is 0 Å². The summed E-state index contributed by atoms with van der Waals surface area (Å²) in [4.78, 5) is 79.5. The fraction of sp³-hybridized carbons (Fsp3) is 0.600. The molecule has 6 bridgehead atoms. The van der Waals surface area contributed by atoms with Gasteiger partial charge < -0.3 is 34.1 Å². The van der Waals surface area contributed by atoms with Crippen LogP contribution in [0.4, 0.5) is 5.69 Å². The van der Waals surface area contributed by atoms with Crippen LogP contribution in [0.25, 0.3) is 22.2 Å². The minimum Gasteiger partial charge on any atom is -0.464 e. The average Bonchev–Trinajstić information content (AvgIpc) is 3.90. The molecule has 15 nitrogen and oxygen atoms in total. The van der Waals surface area contributed by atoms with Crippen molar-refractivity contribution >= 4 is 114 Å². The van der Waals surface area contributed by atoms with Gasteiger partial charge in [-0.2, -0.15) is 67.5 Å². The first-order valence-corrected chi connectivity index (χ1v) is 23.2. The first kappa shape index (κ1) is 64.5. The molecule has 0 saturated carbocycles.